The maximum Gasteiger partial charge on any atom is 0.409 e. The number of ether oxygens (including phenoxy) is 1. The average Bonchev–Trinajstić information content (AvgIpc) is 2.41. The van der Waals surface area contributed by atoms with Crippen molar-refractivity contribution in [2.24, 2.45) is 0 Å². The molecule has 0 aliphatic carbocycles. The molecule has 2 aliphatic rings. The van der Waals surface area contributed by atoms with Crippen LogP contribution in [0.1, 0.15) is 26.2 Å². The van der Waals surface area contributed by atoms with Crippen molar-refractivity contribution < 1.29 is 9.53 Å². The van der Waals surface area contributed by atoms with Crippen LogP contribution >= 0.6 is 0 Å². The second-order valence-electron chi connectivity index (χ2n) is 5.13. The normalized spacial score (nSPS) is 26.1. The van der Waals surface area contributed by atoms with Crippen molar-refractivity contribution in [3.8, 4) is 0 Å². The van der Waals surface area contributed by atoms with E-state index in [1.807, 2.05) is 11.8 Å². The zero-order chi connectivity index (χ0) is 12.8. The number of amides is 1. The van der Waals surface area contributed by atoms with E-state index in [2.05, 4.69) is 10.2 Å². The molecule has 0 spiro atoms. The van der Waals surface area contributed by atoms with E-state index in [0.717, 1.165) is 39.3 Å². The zero-order valence-corrected chi connectivity index (χ0v) is 11.4. The van der Waals surface area contributed by atoms with Gasteiger partial charge >= 0.3 is 6.09 Å². The molecule has 5 heteroatoms. The molecule has 1 N–H and O–H groups in total. The van der Waals surface area contributed by atoms with Crippen molar-refractivity contribution in [3.05, 3.63) is 0 Å². The van der Waals surface area contributed by atoms with Crippen LogP contribution in [0.3, 0.4) is 0 Å². The van der Waals surface area contributed by atoms with E-state index in [9.17, 15) is 4.79 Å². The fourth-order valence-corrected chi connectivity index (χ4v) is 2.72. The van der Waals surface area contributed by atoms with Gasteiger partial charge in [-0.2, -0.15) is 0 Å². The largest absolute Gasteiger partial charge is 0.450 e. The van der Waals surface area contributed by atoms with Gasteiger partial charge in [-0.05, 0) is 26.3 Å². The van der Waals surface area contributed by atoms with Crippen LogP contribution in [0.5, 0.6) is 0 Å². The molecule has 104 valence electrons. The van der Waals surface area contributed by atoms with Gasteiger partial charge < -0.3 is 15.0 Å². The SMILES string of the molecule is CCOC(=O)N1CCN(C[C@H]2CCCCN2)CC1. The minimum absolute atomic E-state index is 0.159. The lowest BCUT2D eigenvalue weighted by molar-refractivity contribution is 0.0759. The topological polar surface area (TPSA) is 44.8 Å². The maximum absolute atomic E-state index is 11.6. The Hall–Kier alpha value is -0.810. The first-order valence-electron chi connectivity index (χ1n) is 7.17. The Morgan fingerprint density at radius 1 is 1.28 bits per heavy atom. The molecule has 5 nitrogen and oxygen atoms in total. The predicted molar refractivity (Wildman–Crippen MR) is 70.7 cm³/mol. The number of hydrogen-bond acceptors (Lipinski definition) is 4. The van der Waals surface area contributed by atoms with Crippen molar-refractivity contribution >= 4 is 6.09 Å². The fraction of sp³-hybridized carbons (Fsp3) is 0.923. The van der Waals surface area contributed by atoms with Gasteiger partial charge in [0.05, 0.1) is 6.61 Å². The van der Waals surface area contributed by atoms with E-state index >= 15 is 0 Å². The summed E-state index contributed by atoms with van der Waals surface area (Å²) >= 11 is 0. The summed E-state index contributed by atoms with van der Waals surface area (Å²) in [4.78, 5) is 15.8. The molecular weight excluding hydrogens is 230 g/mol. The summed E-state index contributed by atoms with van der Waals surface area (Å²) in [7, 11) is 0. The van der Waals surface area contributed by atoms with Crippen LogP contribution < -0.4 is 5.32 Å². The van der Waals surface area contributed by atoms with Gasteiger partial charge in [-0.3, -0.25) is 4.90 Å². The summed E-state index contributed by atoms with van der Waals surface area (Å²) < 4.78 is 5.02. The summed E-state index contributed by atoms with van der Waals surface area (Å²) in [5.74, 6) is 0. The second-order valence-corrected chi connectivity index (χ2v) is 5.13. The average molecular weight is 255 g/mol. The zero-order valence-electron chi connectivity index (χ0n) is 11.4. The molecule has 0 unspecified atom stereocenters. The molecule has 2 saturated heterocycles. The van der Waals surface area contributed by atoms with E-state index in [1.165, 1.54) is 19.3 Å². The van der Waals surface area contributed by atoms with Crippen molar-refractivity contribution in [1.82, 2.24) is 15.1 Å². The number of nitrogens with zero attached hydrogens (tertiary/aromatic N) is 2. The number of carbonyl (C=O) groups excluding carboxylic acids is 1. The molecule has 0 aromatic heterocycles. The Morgan fingerprint density at radius 2 is 2.06 bits per heavy atom. The molecule has 18 heavy (non-hydrogen) atoms. The highest BCUT2D eigenvalue weighted by Gasteiger charge is 2.24. The lowest BCUT2D eigenvalue weighted by Crippen LogP contribution is -2.52. The van der Waals surface area contributed by atoms with E-state index in [4.69, 9.17) is 4.74 Å². The first-order valence-corrected chi connectivity index (χ1v) is 7.17. The van der Waals surface area contributed by atoms with Crippen LogP contribution in [0.15, 0.2) is 0 Å². The molecule has 2 aliphatic heterocycles. The molecule has 0 aromatic rings. The van der Waals surface area contributed by atoms with Gasteiger partial charge in [-0.1, -0.05) is 6.42 Å². The fourth-order valence-electron chi connectivity index (χ4n) is 2.72. The molecule has 1 amide bonds. The summed E-state index contributed by atoms with van der Waals surface area (Å²) in [6.07, 6.45) is 3.79. The van der Waals surface area contributed by atoms with Gasteiger partial charge in [0.25, 0.3) is 0 Å². The molecule has 2 heterocycles. The van der Waals surface area contributed by atoms with Crippen LogP contribution in [0.25, 0.3) is 0 Å². The summed E-state index contributed by atoms with van der Waals surface area (Å²) in [6, 6.07) is 0.646. The lowest BCUT2D eigenvalue weighted by Gasteiger charge is -2.36. The first kappa shape index (κ1) is 13.6. The van der Waals surface area contributed by atoms with Crippen molar-refractivity contribution in [2.45, 2.75) is 32.2 Å². The quantitative estimate of drug-likeness (QED) is 0.814. The first-order chi connectivity index (χ1) is 8.79. The van der Waals surface area contributed by atoms with Crippen molar-refractivity contribution in [3.63, 3.8) is 0 Å². The highest BCUT2D eigenvalue weighted by atomic mass is 16.6. The minimum atomic E-state index is -0.159. The standard InChI is InChI=1S/C13H25N3O2/c1-2-18-13(17)16-9-7-15(8-10-16)11-12-5-3-4-6-14-12/h12,14H,2-11H2,1H3/t12-/m1/s1. The summed E-state index contributed by atoms with van der Waals surface area (Å²) in [5, 5.41) is 3.57. The number of hydrogen-bond donors (Lipinski definition) is 1. The number of piperidine rings is 1. The number of piperazine rings is 1. The van der Waals surface area contributed by atoms with Gasteiger partial charge in [0.2, 0.25) is 0 Å². The van der Waals surface area contributed by atoms with Gasteiger partial charge in [0, 0.05) is 38.8 Å². The molecule has 1 atom stereocenters. The van der Waals surface area contributed by atoms with E-state index < -0.39 is 0 Å². The molecular formula is C13H25N3O2. The second kappa shape index (κ2) is 6.95. The predicted octanol–water partition coefficient (Wildman–Crippen LogP) is 0.903. The molecule has 2 rings (SSSR count). The summed E-state index contributed by atoms with van der Waals surface area (Å²) in [5.41, 5.74) is 0. The number of nitrogens with one attached hydrogen (secondary N) is 1. The Morgan fingerprint density at radius 3 is 2.67 bits per heavy atom. The monoisotopic (exact) mass is 255 g/mol. The summed E-state index contributed by atoms with van der Waals surface area (Å²) in [6.45, 7) is 8.13. The molecule has 0 bridgehead atoms. The molecule has 0 aromatic carbocycles. The lowest BCUT2D eigenvalue weighted by atomic mass is 10.0. The van der Waals surface area contributed by atoms with Crippen LogP contribution in [0.4, 0.5) is 4.79 Å². The molecule has 0 radical (unpaired) electrons. The van der Waals surface area contributed by atoms with Crippen LogP contribution in [-0.2, 0) is 4.74 Å². The van der Waals surface area contributed by atoms with E-state index in [1.54, 1.807) is 0 Å². The molecule has 2 fully saturated rings. The smallest absolute Gasteiger partial charge is 0.409 e. The van der Waals surface area contributed by atoms with E-state index in [-0.39, 0.29) is 6.09 Å². The third-order valence-corrected chi connectivity index (χ3v) is 3.79. The maximum atomic E-state index is 11.6. The van der Waals surface area contributed by atoms with Crippen molar-refractivity contribution in [2.75, 3.05) is 45.9 Å². The highest BCUT2D eigenvalue weighted by molar-refractivity contribution is 5.67. The van der Waals surface area contributed by atoms with Gasteiger partial charge in [0.15, 0.2) is 0 Å². The van der Waals surface area contributed by atoms with Crippen molar-refractivity contribution in [1.29, 1.82) is 0 Å². The third kappa shape index (κ3) is 3.85. The van der Waals surface area contributed by atoms with Gasteiger partial charge in [-0.15, -0.1) is 0 Å². The molecule has 0 saturated carbocycles. The van der Waals surface area contributed by atoms with Crippen LogP contribution in [0.2, 0.25) is 0 Å². The number of rotatable bonds is 3. The Kier molecular flexibility index (Phi) is 5.26. The number of carbonyl (C=O) groups is 1. The Bertz CT molecular complexity index is 259. The minimum Gasteiger partial charge on any atom is -0.450 e. The van der Waals surface area contributed by atoms with Gasteiger partial charge in [0.1, 0.15) is 0 Å². The third-order valence-electron chi connectivity index (χ3n) is 3.79. The Labute approximate surface area is 109 Å². The van der Waals surface area contributed by atoms with Gasteiger partial charge in [-0.25, -0.2) is 4.79 Å². The van der Waals surface area contributed by atoms with Crippen LogP contribution in [0, 0.1) is 0 Å². The Balaban J connectivity index is 1.68. The van der Waals surface area contributed by atoms with Crippen LogP contribution in [-0.4, -0.2) is 67.8 Å². The van der Waals surface area contributed by atoms with E-state index in [0.29, 0.717) is 12.6 Å². The highest BCUT2D eigenvalue weighted by Crippen LogP contribution is 2.10.